The Labute approximate surface area is 146 Å². The molecular formula is C21H30N2O. The Balaban J connectivity index is 2.53. The molecule has 0 spiro atoms. The van der Waals surface area contributed by atoms with Gasteiger partial charge in [0.05, 0.1) is 6.10 Å². The van der Waals surface area contributed by atoms with Gasteiger partial charge in [0, 0.05) is 11.3 Å². The summed E-state index contributed by atoms with van der Waals surface area (Å²) < 4.78 is 6.04. The fourth-order valence-corrected chi connectivity index (χ4v) is 3.19. The molecule has 3 heteroatoms. The SMILES string of the molecule is CCC(CCNC)c1c(N)cccc1-c1ccccc1OC(C)C. The Bertz CT molecular complexity index is 652. The lowest BCUT2D eigenvalue weighted by atomic mass is 9.85. The second kappa shape index (κ2) is 8.74. The van der Waals surface area contributed by atoms with E-state index in [0.717, 1.165) is 36.4 Å². The van der Waals surface area contributed by atoms with Crippen molar-refractivity contribution in [3.8, 4) is 16.9 Å². The molecule has 0 saturated carbocycles. The zero-order valence-electron chi connectivity index (χ0n) is 15.3. The van der Waals surface area contributed by atoms with Crippen LogP contribution in [0.3, 0.4) is 0 Å². The molecule has 0 aromatic heterocycles. The van der Waals surface area contributed by atoms with E-state index in [0.29, 0.717) is 5.92 Å². The predicted molar refractivity (Wildman–Crippen MR) is 104 cm³/mol. The Morgan fingerprint density at radius 3 is 2.42 bits per heavy atom. The second-order valence-corrected chi connectivity index (χ2v) is 6.47. The number of nitrogen functional groups attached to an aromatic ring is 1. The lowest BCUT2D eigenvalue weighted by Gasteiger charge is -2.23. The van der Waals surface area contributed by atoms with Crippen molar-refractivity contribution in [2.24, 2.45) is 0 Å². The Kier molecular flexibility index (Phi) is 6.68. The van der Waals surface area contributed by atoms with Gasteiger partial charge in [-0.3, -0.25) is 0 Å². The van der Waals surface area contributed by atoms with E-state index in [2.05, 4.69) is 44.3 Å². The van der Waals surface area contributed by atoms with Gasteiger partial charge in [0.1, 0.15) is 5.75 Å². The number of anilines is 1. The van der Waals surface area contributed by atoms with Crippen molar-refractivity contribution in [1.82, 2.24) is 5.32 Å². The molecular weight excluding hydrogens is 296 g/mol. The number of hydrogen-bond donors (Lipinski definition) is 2. The molecule has 2 aromatic carbocycles. The van der Waals surface area contributed by atoms with Gasteiger partial charge in [-0.05, 0) is 69.5 Å². The summed E-state index contributed by atoms with van der Waals surface area (Å²) >= 11 is 0. The number of ether oxygens (including phenoxy) is 1. The van der Waals surface area contributed by atoms with Crippen LogP contribution in [0.15, 0.2) is 42.5 Å². The minimum Gasteiger partial charge on any atom is -0.490 e. The lowest BCUT2D eigenvalue weighted by molar-refractivity contribution is 0.243. The van der Waals surface area contributed by atoms with Gasteiger partial charge < -0.3 is 15.8 Å². The Morgan fingerprint density at radius 2 is 1.75 bits per heavy atom. The lowest BCUT2D eigenvalue weighted by Crippen LogP contribution is -2.14. The summed E-state index contributed by atoms with van der Waals surface area (Å²) in [5.41, 5.74) is 10.8. The van der Waals surface area contributed by atoms with E-state index in [-0.39, 0.29) is 6.10 Å². The zero-order chi connectivity index (χ0) is 17.5. The van der Waals surface area contributed by atoms with Crippen molar-refractivity contribution in [2.75, 3.05) is 19.3 Å². The third kappa shape index (κ3) is 4.30. The highest BCUT2D eigenvalue weighted by atomic mass is 16.5. The summed E-state index contributed by atoms with van der Waals surface area (Å²) in [6, 6.07) is 14.4. The first-order valence-corrected chi connectivity index (χ1v) is 8.87. The standard InChI is InChI=1S/C21H30N2O/c1-5-16(13-14-23-4)21-18(10-8-11-19(21)22)17-9-6-7-12-20(17)24-15(2)3/h6-12,15-16,23H,5,13-14,22H2,1-4H3. The van der Waals surface area contributed by atoms with Crippen LogP contribution in [-0.2, 0) is 0 Å². The maximum atomic E-state index is 6.40. The van der Waals surface area contributed by atoms with Crippen molar-refractivity contribution in [2.45, 2.75) is 45.6 Å². The highest BCUT2D eigenvalue weighted by Crippen LogP contribution is 2.40. The van der Waals surface area contributed by atoms with Crippen LogP contribution in [0.2, 0.25) is 0 Å². The van der Waals surface area contributed by atoms with Crippen molar-refractivity contribution < 1.29 is 4.74 Å². The van der Waals surface area contributed by atoms with E-state index in [9.17, 15) is 0 Å². The summed E-state index contributed by atoms with van der Waals surface area (Å²) in [6.07, 6.45) is 2.28. The molecule has 0 aliphatic heterocycles. The fraction of sp³-hybridized carbons (Fsp3) is 0.429. The van der Waals surface area contributed by atoms with Crippen LogP contribution in [0.4, 0.5) is 5.69 Å². The van der Waals surface area contributed by atoms with Gasteiger partial charge >= 0.3 is 0 Å². The number of para-hydroxylation sites is 1. The van der Waals surface area contributed by atoms with Gasteiger partial charge in [-0.2, -0.15) is 0 Å². The monoisotopic (exact) mass is 326 g/mol. The van der Waals surface area contributed by atoms with Crippen LogP contribution in [0, 0.1) is 0 Å². The van der Waals surface area contributed by atoms with Crippen molar-refractivity contribution in [1.29, 1.82) is 0 Å². The van der Waals surface area contributed by atoms with Gasteiger partial charge in [0.2, 0.25) is 0 Å². The zero-order valence-corrected chi connectivity index (χ0v) is 15.3. The Hall–Kier alpha value is -2.00. The topological polar surface area (TPSA) is 47.3 Å². The van der Waals surface area contributed by atoms with Crippen LogP contribution in [0.25, 0.3) is 11.1 Å². The van der Waals surface area contributed by atoms with E-state index in [1.54, 1.807) is 0 Å². The first kappa shape index (κ1) is 18.3. The van der Waals surface area contributed by atoms with Crippen LogP contribution >= 0.6 is 0 Å². The molecule has 0 aliphatic carbocycles. The predicted octanol–water partition coefficient (Wildman–Crippen LogP) is 4.83. The molecule has 0 fully saturated rings. The third-order valence-corrected chi connectivity index (χ3v) is 4.32. The molecule has 130 valence electrons. The summed E-state index contributed by atoms with van der Waals surface area (Å²) in [5, 5.41) is 3.25. The Morgan fingerprint density at radius 1 is 1.04 bits per heavy atom. The molecule has 3 nitrogen and oxygen atoms in total. The molecule has 1 unspecified atom stereocenters. The van der Waals surface area contributed by atoms with E-state index in [1.807, 2.05) is 31.3 Å². The number of hydrogen-bond acceptors (Lipinski definition) is 3. The van der Waals surface area contributed by atoms with Crippen molar-refractivity contribution in [3.05, 3.63) is 48.0 Å². The highest BCUT2D eigenvalue weighted by Gasteiger charge is 2.19. The summed E-state index contributed by atoms with van der Waals surface area (Å²) in [5.74, 6) is 1.35. The van der Waals surface area contributed by atoms with E-state index < -0.39 is 0 Å². The summed E-state index contributed by atoms with van der Waals surface area (Å²) in [7, 11) is 1.99. The molecule has 0 aliphatic rings. The van der Waals surface area contributed by atoms with E-state index in [1.165, 1.54) is 11.1 Å². The minimum absolute atomic E-state index is 0.141. The smallest absolute Gasteiger partial charge is 0.127 e. The quantitative estimate of drug-likeness (QED) is 0.683. The average Bonchev–Trinajstić information content (AvgIpc) is 2.56. The first-order valence-electron chi connectivity index (χ1n) is 8.87. The molecule has 3 N–H and O–H groups in total. The van der Waals surface area contributed by atoms with E-state index >= 15 is 0 Å². The van der Waals surface area contributed by atoms with Gasteiger partial charge in [-0.1, -0.05) is 37.3 Å². The maximum absolute atomic E-state index is 6.40. The molecule has 0 saturated heterocycles. The van der Waals surface area contributed by atoms with Gasteiger partial charge in [-0.15, -0.1) is 0 Å². The molecule has 0 amide bonds. The van der Waals surface area contributed by atoms with Crippen LogP contribution in [-0.4, -0.2) is 19.7 Å². The van der Waals surface area contributed by atoms with E-state index in [4.69, 9.17) is 10.5 Å². The van der Waals surface area contributed by atoms with Gasteiger partial charge in [-0.25, -0.2) is 0 Å². The normalized spacial score (nSPS) is 12.4. The number of rotatable bonds is 8. The molecule has 0 radical (unpaired) electrons. The number of benzene rings is 2. The first-order chi connectivity index (χ1) is 11.6. The maximum Gasteiger partial charge on any atom is 0.127 e. The molecule has 2 aromatic rings. The van der Waals surface area contributed by atoms with Crippen molar-refractivity contribution >= 4 is 5.69 Å². The molecule has 2 rings (SSSR count). The third-order valence-electron chi connectivity index (χ3n) is 4.32. The largest absolute Gasteiger partial charge is 0.490 e. The summed E-state index contributed by atoms with van der Waals surface area (Å²) in [6.45, 7) is 7.32. The molecule has 0 bridgehead atoms. The second-order valence-electron chi connectivity index (χ2n) is 6.47. The highest BCUT2D eigenvalue weighted by molar-refractivity contribution is 5.78. The average molecular weight is 326 g/mol. The molecule has 1 atom stereocenters. The van der Waals surface area contributed by atoms with Crippen LogP contribution in [0.5, 0.6) is 5.75 Å². The van der Waals surface area contributed by atoms with Crippen LogP contribution in [0.1, 0.15) is 45.1 Å². The fourth-order valence-electron chi connectivity index (χ4n) is 3.19. The minimum atomic E-state index is 0.141. The van der Waals surface area contributed by atoms with Crippen LogP contribution < -0.4 is 15.8 Å². The molecule has 0 heterocycles. The van der Waals surface area contributed by atoms with Crippen molar-refractivity contribution in [3.63, 3.8) is 0 Å². The number of nitrogens with one attached hydrogen (secondary N) is 1. The molecule has 24 heavy (non-hydrogen) atoms. The van der Waals surface area contributed by atoms with Gasteiger partial charge in [0.15, 0.2) is 0 Å². The number of nitrogens with two attached hydrogens (primary N) is 1. The van der Waals surface area contributed by atoms with Gasteiger partial charge in [0.25, 0.3) is 0 Å². The summed E-state index contributed by atoms with van der Waals surface area (Å²) in [4.78, 5) is 0.